The Balaban J connectivity index is 1.67. The van der Waals surface area contributed by atoms with E-state index in [2.05, 4.69) is 26.6 Å². The number of nitrogens with one attached hydrogen (secondary N) is 2. The number of halogens is 1. The van der Waals surface area contributed by atoms with E-state index in [1.54, 1.807) is 12.1 Å². The zero-order valence-electron chi connectivity index (χ0n) is 11.6. The van der Waals surface area contributed by atoms with Crippen molar-refractivity contribution in [3.63, 3.8) is 0 Å². The van der Waals surface area contributed by atoms with Gasteiger partial charge in [-0.2, -0.15) is 0 Å². The Bertz CT molecular complexity index is 532. The molecule has 0 radical (unpaired) electrons. The molecule has 1 fully saturated rings. The molecule has 0 aromatic heterocycles. The van der Waals surface area contributed by atoms with E-state index in [1.165, 1.54) is 0 Å². The summed E-state index contributed by atoms with van der Waals surface area (Å²) in [5, 5.41) is 17.0. The van der Waals surface area contributed by atoms with Gasteiger partial charge in [-0.25, -0.2) is 0 Å². The summed E-state index contributed by atoms with van der Waals surface area (Å²) in [4.78, 5) is 21.9. The number of carbonyl (C=O) groups is 1. The molecule has 1 saturated carbocycles. The van der Waals surface area contributed by atoms with Crippen LogP contribution in [0.15, 0.2) is 22.7 Å². The maximum Gasteiger partial charge on any atom is 0.283 e. The molecule has 6 nitrogen and oxygen atoms in total. The third-order valence-electron chi connectivity index (χ3n) is 3.24. The first-order valence-corrected chi connectivity index (χ1v) is 7.78. The fraction of sp³-hybridized carbons (Fsp3) is 0.500. The van der Waals surface area contributed by atoms with Crippen molar-refractivity contribution in [2.24, 2.45) is 0 Å². The Labute approximate surface area is 131 Å². The fourth-order valence-corrected chi connectivity index (χ4v) is 2.33. The molecule has 0 heterocycles. The molecule has 0 aliphatic heterocycles. The predicted octanol–water partition coefficient (Wildman–Crippen LogP) is 2.51. The molecule has 0 unspecified atom stereocenters. The highest BCUT2D eigenvalue weighted by atomic mass is 79.9. The molecule has 1 aromatic rings. The summed E-state index contributed by atoms with van der Waals surface area (Å²) in [5.41, 5.74) is 0.922. The highest BCUT2D eigenvalue weighted by Crippen LogP contribution is 2.25. The van der Waals surface area contributed by atoms with E-state index < -0.39 is 4.92 Å². The number of rotatable bonds is 8. The number of benzene rings is 1. The Morgan fingerprint density at radius 1 is 1.43 bits per heavy atom. The van der Waals surface area contributed by atoms with Gasteiger partial charge in [0.15, 0.2) is 0 Å². The molecule has 0 spiro atoms. The molecule has 2 rings (SSSR count). The number of nitro groups is 1. The quantitative estimate of drug-likeness (QED) is 0.426. The summed E-state index contributed by atoms with van der Waals surface area (Å²) in [6.07, 6.45) is 3.49. The first-order chi connectivity index (χ1) is 10.1. The van der Waals surface area contributed by atoms with Gasteiger partial charge in [0.2, 0.25) is 5.91 Å². The van der Waals surface area contributed by atoms with Crippen LogP contribution in [-0.2, 0) is 11.3 Å². The summed E-state index contributed by atoms with van der Waals surface area (Å²) < 4.78 is 0.480. The van der Waals surface area contributed by atoms with Crippen LogP contribution in [0.5, 0.6) is 0 Å². The lowest BCUT2D eigenvalue weighted by molar-refractivity contribution is -0.385. The van der Waals surface area contributed by atoms with Gasteiger partial charge in [-0.05, 0) is 53.4 Å². The zero-order chi connectivity index (χ0) is 15.2. The number of hydrogen-bond acceptors (Lipinski definition) is 4. The fourth-order valence-electron chi connectivity index (χ4n) is 1.94. The molecular formula is C14H18BrN3O3. The van der Waals surface area contributed by atoms with Crippen LogP contribution in [0.4, 0.5) is 5.69 Å². The van der Waals surface area contributed by atoms with E-state index >= 15 is 0 Å². The number of carbonyl (C=O) groups excluding carboxylic acids is 1. The predicted molar refractivity (Wildman–Crippen MR) is 82.9 cm³/mol. The topological polar surface area (TPSA) is 84.3 Å². The first-order valence-electron chi connectivity index (χ1n) is 6.99. The van der Waals surface area contributed by atoms with Crippen LogP contribution in [0.3, 0.4) is 0 Å². The van der Waals surface area contributed by atoms with Gasteiger partial charge in [0.05, 0.1) is 9.40 Å². The summed E-state index contributed by atoms with van der Waals surface area (Å²) in [6.45, 7) is 1.26. The molecule has 1 amide bonds. The van der Waals surface area contributed by atoms with Crippen molar-refractivity contribution in [2.45, 2.75) is 38.3 Å². The number of amides is 1. The maximum atomic E-state index is 11.5. The van der Waals surface area contributed by atoms with Gasteiger partial charge in [-0.3, -0.25) is 14.9 Å². The molecular weight excluding hydrogens is 338 g/mol. The lowest BCUT2D eigenvalue weighted by Crippen LogP contribution is -2.26. The molecule has 1 aliphatic carbocycles. The van der Waals surface area contributed by atoms with E-state index in [9.17, 15) is 14.9 Å². The second kappa shape index (κ2) is 7.51. The molecule has 2 N–H and O–H groups in total. The van der Waals surface area contributed by atoms with Crippen LogP contribution in [0, 0.1) is 10.1 Å². The van der Waals surface area contributed by atoms with Gasteiger partial charge in [0.25, 0.3) is 5.69 Å². The number of nitrogens with zero attached hydrogens (tertiary/aromatic N) is 1. The largest absolute Gasteiger partial charge is 0.353 e. The van der Waals surface area contributed by atoms with E-state index in [1.807, 2.05) is 6.07 Å². The van der Waals surface area contributed by atoms with Crippen LogP contribution < -0.4 is 10.6 Å². The Hall–Kier alpha value is -1.47. The van der Waals surface area contributed by atoms with Crippen molar-refractivity contribution < 1.29 is 9.72 Å². The molecule has 0 atom stereocenters. The molecule has 21 heavy (non-hydrogen) atoms. The third-order valence-corrected chi connectivity index (χ3v) is 3.91. The van der Waals surface area contributed by atoms with E-state index in [0.717, 1.165) is 24.8 Å². The highest BCUT2D eigenvalue weighted by Gasteiger charge is 2.22. The van der Waals surface area contributed by atoms with Crippen molar-refractivity contribution in [1.29, 1.82) is 0 Å². The van der Waals surface area contributed by atoms with Crippen molar-refractivity contribution >= 4 is 27.5 Å². The maximum absolute atomic E-state index is 11.5. The Kier molecular flexibility index (Phi) is 5.69. The SMILES string of the molecule is O=C(CCCNCc1ccc(Br)c([N+](=O)[O-])c1)NC1CC1. The van der Waals surface area contributed by atoms with Crippen LogP contribution in [0.2, 0.25) is 0 Å². The summed E-state index contributed by atoms with van der Waals surface area (Å²) in [5.74, 6) is 0.110. The first kappa shape index (κ1) is 15.9. The summed E-state index contributed by atoms with van der Waals surface area (Å²) in [7, 11) is 0. The molecule has 1 aliphatic rings. The monoisotopic (exact) mass is 355 g/mol. The Morgan fingerprint density at radius 3 is 2.86 bits per heavy atom. The minimum atomic E-state index is -0.407. The lowest BCUT2D eigenvalue weighted by Gasteiger charge is -2.06. The number of nitro benzene ring substituents is 1. The normalized spacial score (nSPS) is 14.0. The van der Waals surface area contributed by atoms with Gasteiger partial charge in [0, 0.05) is 25.1 Å². The van der Waals surface area contributed by atoms with Gasteiger partial charge in [-0.15, -0.1) is 0 Å². The second-order valence-corrected chi connectivity index (χ2v) is 6.02. The molecule has 7 heteroatoms. The van der Waals surface area contributed by atoms with Crippen molar-refractivity contribution in [3.8, 4) is 0 Å². The number of hydrogen-bond donors (Lipinski definition) is 2. The van der Waals surface area contributed by atoms with Crippen LogP contribution in [0.1, 0.15) is 31.2 Å². The average Bonchev–Trinajstić information content (AvgIpc) is 3.23. The molecule has 1 aromatic carbocycles. The molecule has 0 saturated heterocycles. The van der Waals surface area contributed by atoms with Gasteiger partial charge in [0.1, 0.15) is 0 Å². The molecule has 114 valence electrons. The summed E-state index contributed by atoms with van der Waals surface area (Å²) >= 11 is 3.16. The van der Waals surface area contributed by atoms with E-state index in [0.29, 0.717) is 30.0 Å². The highest BCUT2D eigenvalue weighted by molar-refractivity contribution is 9.10. The van der Waals surface area contributed by atoms with Crippen LogP contribution in [-0.4, -0.2) is 23.4 Å². The van der Waals surface area contributed by atoms with Gasteiger partial charge < -0.3 is 10.6 Å². The van der Waals surface area contributed by atoms with Crippen molar-refractivity contribution in [2.75, 3.05) is 6.54 Å². The van der Waals surface area contributed by atoms with Gasteiger partial charge >= 0.3 is 0 Å². The smallest absolute Gasteiger partial charge is 0.283 e. The van der Waals surface area contributed by atoms with Crippen LogP contribution in [0.25, 0.3) is 0 Å². The third kappa shape index (κ3) is 5.43. The standard InChI is InChI=1S/C14H18BrN3O3/c15-12-6-3-10(8-13(12)18(20)21)9-16-7-1-2-14(19)17-11-4-5-11/h3,6,8,11,16H,1-2,4-5,7,9H2,(H,17,19). The average molecular weight is 356 g/mol. The minimum Gasteiger partial charge on any atom is -0.353 e. The summed E-state index contributed by atoms with van der Waals surface area (Å²) in [6, 6.07) is 5.48. The van der Waals surface area contributed by atoms with Crippen molar-refractivity contribution in [3.05, 3.63) is 38.3 Å². The van der Waals surface area contributed by atoms with Crippen molar-refractivity contribution in [1.82, 2.24) is 10.6 Å². The van der Waals surface area contributed by atoms with Gasteiger partial charge in [-0.1, -0.05) is 6.07 Å². The lowest BCUT2D eigenvalue weighted by atomic mass is 10.2. The minimum absolute atomic E-state index is 0.0677. The Morgan fingerprint density at radius 2 is 2.19 bits per heavy atom. The molecule has 0 bridgehead atoms. The van der Waals surface area contributed by atoms with E-state index in [4.69, 9.17) is 0 Å². The van der Waals surface area contributed by atoms with E-state index in [-0.39, 0.29) is 11.6 Å². The van der Waals surface area contributed by atoms with Crippen LogP contribution >= 0.6 is 15.9 Å². The second-order valence-electron chi connectivity index (χ2n) is 5.16. The zero-order valence-corrected chi connectivity index (χ0v) is 13.2.